The molecule has 2 aliphatic rings. The van der Waals surface area contributed by atoms with Crippen molar-refractivity contribution in [2.75, 3.05) is 0 Å². The van der Waals surface area contributed by atoms with Crippen molar-refractivity contribution >= 4 is 5.97 Å². The third kappa shape index (κ3) is 1.78. The van der Waals surface area contributed by atoms with E-state index < -0.39 is 0 Å². The van der Waals surface area contributed by atoms with Crippen molar-refractivity contribution in [1.29, 1.82) is 0 Å². The SMILES string of the molecule is CCCCc1ccc2n1CC[C@H]1OC(=O)C[C@H]21. The number of hydrogen-bond acceptors (Lipinski definition) is 2. The Morgan fingerprint density at radius 3 is 3.18 bits per heavy atom. The molecule has 2 aliphatic heterocycles. The van der Waals surface area contributed by atoms with Crippen LogP contribution >= 0.6 is 0 Å². The highest BCUT2D eigenvalue weighted by Crippen LogP contribution is 2.38. The lowest BCUT2D eigenvalue weighted by atomic mass is 9.92. The Kier molecular flexibility index (Phi) is 2.69. The van der Waals surface area contributed by atoms with E-state index in [0.717, 1.165) is 19.4 Å². The van der Waals surface area contributed by atoms with Crippen LogP contribution in [-0.2, 0) is 22.5 Å². The average Bonchev–Trinajstić information content (AvgIpc) is 2.88. The molecule has 0 radical (unpaired) electrons. The molecule has 92 valence electrons. The molecule has 3 nitrogen and oxygen atoms in total. The first kappa shape index (κ1) is 10.9. The van der Waals surface area contributed by atoms with Crippen molar-refractivity contribution in [3.05, 3.63) is 23.5 Å². The van der Waals surface area contributed by atoms with Gasteiger partial charge in [-0.25, -0.2) is 0 Å². The number of esters is 1. The summed E-state index contributed by atoms with van der Waals surface area (Å²) in [5.41, 5.74) is 2.75. The van der Waals surface area contributed by atoms with E-state index in [0.29, 0.717) is 12.3 Å². The second-order valence-electron chi connectivity index (χ2n) is 5.13. The van der Waals surface area contributed by atoms with Gasteiger partial charge in [-0.15, -0.1) is 0 Å². The van der Waals surface area contributed by atoms with E-state index in [4.69, 9.17) is 4.74 Å². The Bertz CT molecular complexity index is 435. The first-order chi connectivity index (χ1) is 8.29. The van der Waals surface area contributed by atoms with Crippen LogP contribution in [0.1, 0.15) is 49.9 Å². The molecule has 0 N–H and O–H groups in total. The highest BCUT2D eigenvalue weighted by Gasteiger charge is 2.40. The van der Waals surface area contributed by atoms with Gasteiger partial charge >= 0.3 is 5.97 Å². The summed E-state index contributed by atoms with van der Waals surface area (Å²) in [5, 5.41) is 0. The maximum absolute atomic E-state index is 11.4. The van der Waals surface area contributed by atoms with E-state index in [1.54, 1.807) is 0 Å². The van der Waals surface area contributed by atoms with Gasteiger partial charge in [0.15, 0.2) is 0 Å². The van der Waals surface area contributed by atoms with Gasteiger partial charge in [0, 0.05) is 30.3 Å². The van der Waals surface area contributed by atoms with E-state index in [1.807, 2.05) is 0 Å². The predicted octanol–water partition coefficient (Wildman–Crippen LogP) is 2.63. The maximum atomic E-state index is 11.4. The zero-order chi connectivity index (χ0) is 11.8. The van der Waals surface area contributed by atoms with Gasteiger partial charge < -0.3 is 9.30 Å². The first-order valence-electron chi connectivity index (χ1n) is 6.67. The summed E-state index contributed by atoms with van der Waals surface area (Å²) in [6.45, 7) is 3.23. The monoisotopic (exact) mass is 233 g/mol. The van der Waals surface area contributed by atoms with Gasteiger partial charge in [-0.2, -0.15) is 0 Å². The molecule has 0 bridgehead atoms. The van der Waals surface area contributed by atoms with Crippen LogP contribution in [0.4, 0.5) is 0 Å². The topological polar surface area (TPSA) is 31.2 Å². The molecular weight excluding hydrogens is 214 g/mol. The van der Waals surface area contributed by atoms with Crippen LogP contribution in [0.5, 0.6) is 0 Å². The zero-order valence-corrected chi connectivity index (χ0v) is 10.3. The summed E-state index contributed by atoms with van der Waals surface area (Å²) in [4.78, 5) is 11.4. The standard InChI is InChI=1S/C14H19NO2/c1-2-3-4-10-5-6-12-11-9-14(16)17-13(11)7-8-15(10)12/h5-6,11,13H,2-4,7-9H2,1H3/t11-,13-/m1/s1. The molecule has 2 atom stereocenters. The van der Waals surface area contributed by atoms with Crippen LogP contribution in [0.3, 0.4) is 0 Å². The van der Waals surface area contributed by atoms with Crippen LogP contribution in [0, 0.1) is 0 Å². The first-order valence-corrected chi connectivity index (χ1v) is 6.67. The normalized spacial score (nSPS) is 26.5. The summed E-state index contributed by atoms with van der Waals surface area (Å²) in [6, 6.07) is 4.43. The van der Waals surface area contributed by atoms with Crippen molar-refractivity contribution in [3.8, 4) is 0 Å². The third-order valence-corrected chi connectivity index (χ3v) is 4.03. The van der Waals surface area contributed by atoms with Crippen molar-refractivity contribution in [1.82, 2.24) is 4.57 Å². The van der Waals surface area contributed by atoms with Gasteiger partial charge in [-0.3, -0.25) is 4.79 Å². The summed E-state index contributed by atoms with van der Waals surface area (Å²) in [5.74, 6) is 0.288. The van der Waals surface area contributed by atoms with Crippen LogP contribution in [0.15, 0.2) is 12.1 Å². The number of aromatic nitrogens is 1. The van der Waals surface area contributed by atoms with E-state index in [9.17, 15) is 4.79 Å². The van der Waals surface area contributed by atoms with Gasteiger partial charge in [0.25, 0.3) is 0 Å². The molecule has 3 heterocycles. The van der Waals surface area contributed by atoms with Crippen LogP contribution < -0.4 is 0 Å². The molecule has 0 aliphatic carbocycles. The smallest absolute Gasteiger partial charge is 0.306 e. The zero-order valence-electron chi connectivity index (χ0n) is 10.3. The Labute approximate surface area is 102 Å². The highest BCUT2D eigenvalue weighted by atomic mass is 16.5. The molecule has 17 heavy (non-hydrogen) atoms. The molecule has 1 aromatic rings. The summed E-state index contributed by atoms with van der Waals surface area (Å²) < 4.78 is 7.78. The summed E-state index contributed by atoms with van der Waals surface area (Å²) >= 11 is 0. The van der Waals surface area contributed by atoms with Gasteiger partial charge in [-0.1, -0.05) is 13.3 Å². The van der Waals surface area contributed by atoms with Gasteiger partial charge in [0.1, 0.15) is 6.10 Å². The lowest BCUT2D eigenvalue weighted by molar-refractivity contribution is -0.141. The largest absolute Gasteiger partial charge is 0.462 e. The number of carbonyl (C=O) groups excluding carboxylic acids is 1. The summed E-state index contributed by atoms with van der Waals surface area (Å²) in [6.07, 6.45) is 5.33. The average molecular weight is 233 g/mol. The second-order valence-corrected chi connectivity index (χ2v) is 5.13. The minimum Gasteiger partial charge on any atom is -0.462 e. The molecule has 1 saturated heterocycles. The molecule has 0 saturated carbocycles. The van der Waals surface area contributed by atoms with E-state index >= 15 is 0 Å². The van der Waals surface area contributed by atoms with Crippen LogP contribution in [-0.4, -0.2) is 16.6 Å². The number of nitrogens with zero attached hydrogens (tertiary/aromatic N) is 1. The predicted molar refractivity (Wildman–Crippen MR) is 64.9 cm³/mol. The Balaban J connectivity index is 1.86. The van der Waals surface area contributed by atoms with Crippen LogP contribution in [0.2, 0.25) is 0 Å². The molecule has 0 spiro atoms. The molecule has 3 rings (SSSR count). The Hall–Kier alpha value is -1.25. The van der Waals surface area contributed by atoms with Crippen molar-refractivity contribution in [2.45, 2.75) is 57.6 Å². The van der Waals surface area contributed by atoms with Crippen LogP contribution in [0.25, 0.3) is 0 Å². The minimum absolute atomic E-state index is 0.0234. The van der Waals surface area contributed by atoms with Gasteiger partial charge in [-0.05, 0) is 25.0 Å². The van der Waals surface area contributed by atoms with Crippen molar-refractivity contribution < 1.29 is 9.53 Å². The fourth-order valence-corrected chi connectivity index (χ4v) is 3.12. The fraction of sp³-hybridized carbons (Fsp3) is 0.643. The van der Waals surface area contributed by atoms with Gasteiger partial charge in [0.2, 0.25) is 0 Å². The van der Waals surface area contributed by atoms with Gasteiger partial charge in [0.05, 0.1) is 6.42 Å². The van der Waals surface area contributed by atoms with Crippen molar-refractivity contribution in [3.63, 3.8) is 0 Å². The number of rotatable bonds is 3. The van der Waals surface area contributed by atoms with E-state index in [-0.39, 0.29) is 12.1 Å². The molecule has 1 fully saturated rings. The lowest BCUT2D eigenvalue weighted by Gasteiger charge is -2.27. The fourth-order valence-electron chi connectivity index (χ4n) is 3.12. The third-order valence-electron chi connectivity index (χ3n) is 4.03. The molecule has 1 aromatic heterocycles. The quantitative estimate of drug-likeness (QED) is 0.751. The minimum atomic E-state index is -0.0234. The Morgan fingerprint density at radius 1 is 1.47 bits per heavy atom. The number of fused-ring (bicyclic) bond motifs is 3. The summed E-state index contributed by atoms with van der Waals surface area (Å²) in [7, 11) is 0. The lowest BCUT2D eigenvalue weighted by Crippen LogP contribution is -2.26. The highest BCUT2D eigenvalue weighted by molar-refractivity contribution is 5.73. The number of hydrogen-bond donors (Lipinski definition) is 0. The molecule has 0 aromatic carbocycles. The maximum Gasteiger partial charge on any atom is 0.306 e. The molecular formula is C14H19NO2. The second kappa shape index (κ2) is 4.21. The molecule has 3 heteroatoms. The molecule has 0 amide bonds. The number of ether oxygens (including phenoxy) is 1. The molecule has 0 unspecified atom stereocenters. The number of aryl methyl sites for hydroxylation is 1. The van der Waals surface area contributed by atoms with Crippen molar-refractivity contribution in [2.24, 2.45) is 0 Å². The van der Waals surface area contributed by atoms with E-state index in [1.165, 1.54) is 24.2 Å². The van der Waals surface area contributed by atoms with E-state index in [2.05, 4.69) is 23.6 Å². The Morgan fingerprint density at radius 2 is 2.35 bits per heavy atom. The number of carbonyl (C=O) groups is 1. The number of unbranched alkanes of at least 4 members (excludes halogenated alkanes) is 1.